The molecule has 3 heteroatoms. The smallest absolute Gasteiger partial charge is 0.0776 e. The van der Waals surface area contributed by atoms with Crippen molar-refractivity contribution in [3.63, 3.8) is 0 Å². The molecule has 0 unspecified atom stereocenters. The van der Waals surface area contributed by atoms with Crippen LogP contribution >= 0.6 is 0 Å². The molecular weight excluding hydrogens is 123 g/mol. The van der Waals surface area contributed by atoms with Crippen molar-refractivity contribution in [2.75, 3.05) is 0 Å². The third kappa shape index (κ3) is 10.5. The van der Waals surface area contributed by atoms with Gasteiger partial charge < -0.3 is 0 Å². The van der Waals surface area contributed by atoms with E-state index in [1.54, 1.807) is 0 Å². The number of hydrogen-bond acceptors (Lipinski definition) is 0. The molecule has 4 heavy (non-hydrogen) atoms. The Kier molecular flexibility index (Phi) is 422. The molecule has 0 aliphatic rings. The van der Waals surface area contributed by atoms with Gasteiger partial charge in [0.1, 0.15) is 0 Å². The molecule has 0 fully saturated rings. The minimum absolute atomic E-state index is 0. The molecule has 0 N–H and O–H groups in total. The van der Waals surface area contributed by atoms with Crippen LogP contribution in [0.3, 0.4) is 0 Å². The van der Waals surface area contributed by atoms with E-state index in [9.17, 15) is 0 Å². The summed E-state index contributed by atoms with van der Waals surface area (Å²) in [4.78, 5) is 0. The van der Waals surface area contributed by atoms with Crippen LogP contribution in [-0.2, 0) is 17.1 Å². The molecule has 30 valence electrons. The molecule has 0 aromatic heterocycles. The molecule has 0 saturated heterocycles. The van der Waals surface area contributed by atoms with Crippen molar-refractivity contribution in [2.45, 2.75) is 7.43 Å². The monoisotopic (exact) mass is 134 g/mol. The maximum atomic E-state index is 0. The number of rotatable bonds is 0. The van der Waals surface area contributed by atoms with Crippen molar-refractivity contribution in [3.05, 3.63) is 0 Å². The molecule has 0 aliphatic heterocycles. The van der Waals surface area contributed by atoms with Gasteiger partial charge in [-0.1, -0.05) is 7.43 Å². The third-order valence-electron chi connectivity index (χ3n) is 0. The van der Waals surface area contributed by atoms with Crippen LogP contribution in [0.5, 0.6) is 0 Å². The Bertz CT molecular complexity index is 8.00. The summed E-state index contributed by atoms with van der Waals surface area (Å²) in [7, 11) is 0. The Morgan fingerprint density at radius 3 is 1.00 bits per heavy atom. The van der Waals surface area contributed by atoms with E-state index in [-0.39, 0.29) is 52.8 Å². The van der Waals surface area contributed by atoms with Crippen LogP contribution in [0.15, 0.2) is 0 Å². The minimum Gasteiger partial charge on any atom is -0.0776 e. The average molecular weight is 134 g/mol. The molecule has 0 spiro atoms. The van der Waals surface area contributed by atoms with Crippen molar-refractivity contribution in [1.29, 1.82) is 0 Å². The summed E-state index contributed by atoms with van der Waals surface area (Å²) in [5, 5.41) is 0. The summed E-state index contributed by atoms with van der Waals surface area (Å²) in [6.07, 6.45) is 0. The molecule has 0 atom stereocenters. The summed E-state index contributed by atoms with van der Waals surface area (Å²) in [6.45, 7) is 0. The predicted octanol–water partition coefficient (Wildman–Crippen LogP) is -2.00. The SMILES string of the molecule is C.[AlH3].[Fe].[SiH4]. The second kappa shape index (κ2) is 28.3. The van der Waals surface area contributed by atoms with Gasteiger partial charge in [-0.15, -0.1) is 0 Å². The molecule has 0 heterocycles. The zero-order valence-electron chi connectivity index (χ0n) is 0.354. The molecule has 0 aromatic carbocycles. The van der Waals surface area contributed by atoms with Crippen LogP contribution in [-0.4, -0.2) is 28.3 Å². The van der Waals surface area contributed by atoms with Gasteiger partial charge in [0.15, 0.2) is 17.4 Å². The van der Waals surface area contributed by atoms with E-state index in [1.165, 1.54) is 0 Å². The standard InChI is InChI=1S/CH4.Al.Fe.H4Si.3H/h1H4;;;1H4;;;. The van der Waals surface area contributed by atoms with Crippen molar-refractivity contribution in [1.82, 2.24) is 0 Å². The average Bonchev–Trinajstić information content (AvgIpc) is 0. The zero-order valence-corrected chi connectivity index (χ0v) is 1.46. The summed E-state index contributed by atoms with van der Waals surface area (Å²) in [6, 6.07) is 0. The molecule has 0 bridgehead atoms. The van der Waals surface area contributed by atoms with Gasteiger partial charge in [-0.2, -0.15) is 0 Å². The van der Waals surface area contributed by atoms with Gasteiger partial charge in [-0.3, -0.25) is 0 Å². The van der Waals surface area contributed by atoms with E-state index in [0.717, 1.165) is 0 Å². The first-order valence-electron chi connectivity index (χ1n) is 0. The molecule has 0 rings (SSSR count). The fourth-order valence-corrected chi connectivity index (χ4v) is 0. The van der Waals surface area contributed by atoms with E-state index in [1.807, 2.05) is 0 Å². The van der Waals surface area contributed by atoms with Gasteiger partial charge >= 0.3 is 0 Å². The van der Waals surface area contributed by atoms with Crippen molar-refractivity contribution < 1.29 is 17.1 Å². The molecule has 0 aromatic rings. The van der Waals surface area contributed by atoms with Gasteiger partial charge in [0.25, 0.3) is 0 Å². The van der Waals surface area contributed by atoms with Gasteiger partial charge in [-0.05, 0) is 11.0 Å². The van der Waals surface area contributed by atoms with Crippen molar-refractivity contribution in [3.8, 4) is 0 Å². The van der Waals surface area contributed by atoms with Crippen LogP contribution in [0.1, 0.15) is 7.43 Å². The van der Waals surface area contributed by atoms with E-state index in [4.69, 9.17) is 0 Å². The first-order valence-corrected chi connectivity index (χ1v) is 0. The van der Waals surface area contributed by atoms with Gasteiger partial charge in [0, 0.05) is 17.1 Å². The van der Waals surface area contributed by atoms with Gasteiger partial charge in [0.2, 0.25) is 0 Å². The quantitative estimate of drug-likeness (QED) is 0.336. The zero-order chi connectivity index (χ0) is 0. The van der Waals surface area contributed by atoms with Crippen molar-refractivity contribution >= 4 is 28.3 Å². The Morgan fingerprint density at radius 1 is 1.00 bits per heavy atom. The number of hydrogen-bond donors (Lipinski definition) is 0. The summed E-state index contributed by atoms with van der Waals surface area (Å²) in [5.41, 5.74) is 0. The van der Waals surface area contributed by atoms with E-state index in [2.05, 4.69) is 0 Å². The second-order valence-electron chi connectivity index (χ2n) is 0. The predicted molar refractivity (Wildman–Crippen MR) is 28.0 cm³/mol. The Morgan fingerprint density at radius 2 is 1.00 bits per heavy atom. The van der Waals surface area contributed by atoms with Gasteiger partial charge in [0.05, 0.1) is 0 Å². The van der Waals surface area contributed by atoms with Crippen molar-refractivity contribution in [2.24, 2.45) is 0 Å². The van der Waals surface area contributed by atoms with Crippen LogP contribution in [0.25, 0.3) is 0 Å². The van der Waals surface area contributed by atoms with Gasteiger partial charge in [-0.25, -0.2) is 0 Å². The fourth-order valence-electron chi connectivity index (χ4n) is 0. The maximum Gasteiger partial charge on any atom is 0.187 e. The van der Waals surface area contributed by atoms with Crippen LogP contribution in [0.4, 0.5) is 0 Å². The molecule has 0 radical (unpaired) electrons. The Labute approximate surface area is 53.0 Å². The summed E-state index contributed by atoms with van der Waals surface area (Å²) >= 11 is 0. The molecular formula is CH11AlFeSi. The minimum atomic E-state index is 0. The first kappa shape index (κ1) is 59.6. The molecule has 0 saturated carbocycles. The Hall–Kier alpha value is 1.27. The van der Waals surface area contributed by atoms with Crippen LogP contribution < -0.4 is 0 Å². The third-order valence-corrected chi connectivity index (χ3v) is 0. The van der Waals surface area contributed by atoms with Crippen LogP contribution in [0.2, 0.25) is 0 Å². The Balaban J connectivity index is 0. The molecule has 0 nitrogen and oxygen atoms in total. The van der Waals surface area contributed by atoms with E-state index >= 15 is 0 Å². The normalized spacial score (nSPS) is 0. The largest absolute Gasteiger partial charge is 0.187 e. The van der Waals surface area contributed by atoms with E-state index < -0.39 is 0 Å². The summed E-state index contributed by atoms with van der Waals surface area (Å²) < 4.78 is 0. The summed E-state index contributed by atoms with van der Waals surface area (Å²) in [5.74, 6) is 0. The fraction of sp³-hybridized carbons (Fsp3) is 1.00. The molecule has 0 aliphatic carbocycles. The topological polar surface area (TPSA) is 0 Å². The second-order valence-corrected chi connectivity index (χ2v) is 0. The van der Waals surface area contributed by atoms with Crippen LogP contribution in [0, 0.1) is 0 Å². The van der Waals surface area contributed by atoms with E-state index in [0.29, 0.717) is 0 Å². The first-order chi connectivity index (χ1) is 0. The molecule has 0 amide bonds. The maximum absolute atomic E-state index is 0.